The van der Waals surface area contributed by atoms with E-state index in [1.54, 1.807) is 6.20 Å². The Morgan fingerprint density at radius 2 is 1.78 bits per heavy atom. The van der Waals surface area contributed by atoms with Crippen LogP contribution in [0.5, 0.6) is 0 Å². The molecule has 4 nitrogen and oxygen atoms in total. The van der Waals surface area contributed by atoms with Gasteiger partial charge in [-0.1, -0.05) is 13.8 Å². The standard InChI is InChI=1S/C14H25N3O/c1-6-8-17(9-7-2)11-12(10-15)13(18)16-14(3,4)5/h11H,6-9H2,1-5H3,(H,16,18)/b12-11-. The van der Waals surface area contributed by atoms with Crippen LogP contribution in [0.15, 0.2) is 11.8 Å². The summed E-state index contributed by atoms with van der Waals surface area (Å²) >= 11 is 0. The number of amides is 1. The summed E-state index contributed by atoms with van der Waals surface area (Å²) in [7, 11) is 0. The molecule has 4 heteroatoms. The summed E-state index contributed by atoms with van der Waals surface area (Å²) in [5.74, 6) is -0.304. The topological polar surface area (TPSA) is 56.1 Å². The van der Waals surface area contributed by atoms with Crippen LogP contribution in [0.4, 0.5) is 0 Å². The number of rotatable bonds is 6. The Hall–Kier alpha value is -1.50. The molecule has 0 unspecified atom stereocenters. The van der Waals surface area contributed by atoms with Crippen LogP contribution >= 0.6 is 0 Å². The van der Waals surface area contributed by atoms with E-state index < -0.39 is 0 Å². The molecule has 0 saturated heterocycles. The molecule has 0 heterocycles. The molecule has 1 amide bonds. The number of hydrogen-bond donors (Lipinski definition) is 1. The van der Waals surface area contributed by atoms with Crippen LogP contribution < -0.4 is 5.32 Å². The predicted molar refractivity (Wildman–Crippen MR) is 73.7 cm³/mol. The van der Waals surface area contributed by atoms with Gasteiger partial charge in [0.2, 0.25) is 0 Å². The molecule has 0 atom stereocenters. The van der Waals surface area contributed by atoms with Gasteiger partial charge in [-0.3, -0.25) is 4.79 Å². The molecule has 0 bridgehead atoms. The van der Waals surface area contributed by atoms with E-state index in [-0.39, 0.29) is 17.0 Å². The van der Waals surface area contributed by atoms with Crippen molar-refractivity contribution in [3.05, 3.63) is 11.8 Å². The van der Waals surface area contributed by atoms with E-state index in [0.717, 1.165) is 25.9 Å². The van der Waals surface area contributed by atoms with Crippen molar-refractivity contribution in [3.8, 4) is 6.07 Å². The van der Waals surface area contributed by atoms with Gasteiger partial charge in [-0.25, -0.2) is 0 Å². The Kier molecular flexibility index (Phi) is 7.11. The summed E-state index contributed by atoms with van der Waals surface area (Å²) < 4.78 is 0. The van der Waals surface area contributed by atoms with E-state index in [4.69, 9.17) is 5.26 Å². The molecule has 0 radical (unpaired) electrons. The SMILES string of the molecule is CCCN(/C=C(/C#N)C(=O)NC(C)(C)C)CCC. The average Bonchev–Trinajstić information content (AvgIpc) is 2.23. The first-order chi connectivity index (χ1) is 8.34. The summed E-state index contributed by atoms with van der Waals surface area (Å²) in [4.78, 5) is 13.9. The first-order valence-corrected chi connectivity index (χ1v) is 6.52. The zero-order chi connectivity index (χ0) is 14.2. The monoisotopic (exact) mass is 251 g/mol. The highest BCUT2D eigenvalue weighted by molar-refractivity contribution is 5.97. The van der Waals surface area contributed by atoms with Crippen LogP contribution in [-0.4, -0.2) is 29.4 Å². The zero-order valence-electron chi connectivity index (χ0n) is 12.2. The number of hydrogen-bond acceptors (Lipinski definition) is 3. The third-order valence-corrected chi connectivity index (χ3v) is 2.19. The number of carbonyl (C=O) groups is 1. The Balaban J connectivity index is 4.82. The van der Waals surface area contributed by atoms with Crippen molar-refractivity contribution >= 4 is 5.91 Å². The first-order valence-electron chi connectivity index (χ1n) is 6.52. The minimum absolute atomic E-state index is 0.173. The summed E-state index contributed by atoms with van der Waals surface area (Å²) in [6, 6.07) is 1.98. The molecule has 0 aliphatic heterocycles. The fourth-order valence-electron chi connectivity index (χ4n) is 1.54. The van der Waals surface area contributed by atoms with E-state index in [2.05, 4.69) is 19.2 Å². The lowest BCUT2D eigenvalue weighted by Gasteiger charge is -2.22. The maximum atomic E-state index is 11.9. The fourth-order valence-corrected chi connectivity index (χ4v) is 1.54. The van der Waals surface area contributed by atoms with Gasteiger partial charge in [-0.15, -0.1) is 0 Å². The molecular formula is C14H25N3O. The summed E-state index contributed by atoms with van der Waals surface area (Å²) in [6.07, 6.45) is 3.67. The van der Waals surface area contributed by atoms with E-state index in [9.17, 15) is 4.79 Å². The van der Waals surface area contributed by atoms with Crippen molar-refractivity contribution in [2.45, 2.75) is 53.0 Å². The molecular weight excluding hydrogens is 226 g/mol. The van der Waals surface area contributed by atoms with Crippen molar-refractivity contribution in [2.24, 2.45) is 0 Å². The van der Waals surface area contributed by atoms with Crippen molar-refractivity contribution < 1.29 is 4.79 Å². The van der Waals surface area contributed by atoms with Crippen LogP contribution in [-0.2, 0) is 4.79 Å². The van der Waals surface area contributed by atoms with Crippen LogP contribution in [0.2, 0.25) is 0 Å². The van der Waals surface area contributed by atoms with Gasteiger partial charge >= 0.3 is 0 Å². The van der Waals surface area contributed by atoms with Crippen molar-refractivity contribution in [1.29, 1.82) is 5.26 Å². The Bertz CT molecular complexity index is 328. The highest BCUT2D eigenvalue weighted by Crippen LogP contribution is 2.05. The lowest BCUT2D eigenvalue weighted by Crippen LogP contribution is -2.41. The van der Waals surface area contributed by atoms with Gasteiger partial charge in [0.1, 0.15) is 11.6 Å². The average molecular weight is 251 g/mol. The molecule has 0 saturated carbocycles. The maximum absolute atomic E-state index is 11.9. The fraction of sp³-hybridized carbons (Fsp3) is 0.714. The molecule has 0 aliphatic rings. The van der Waals surface area contributed by atoms with Crippen LogP contribution in [0, 0.1) is 11.3 Å². The van der Waals surface area contributed by atoms with Crippen LogP contribution in [0.3, 0.4) is 0 Å². The second-order valence-electron chi connectivity index (χ2n) is 5.39. The minimum atomic E-state index is -0.326. The molecule has 0 spiro atoms. The van der Waals surface area contributed by atoms with Gasteiger partial charge in [0, 0.05) is 24.8 Å². The zero-order valence-corrected chi connectivity index (χ0v) is 12.2. The summed E-state index contributed by atoms with van der Waals surface area (Å²) in [5, 5.41) is 11.9. The number of nitriles is 1. The summed E-state index contributed by atoms with van der Waals surface area (Å²) in [5.41, 5.74) is -0.153. The quantitative estimate of drug-likeness (QED) is 0.582. The second-order valence-corrected chi connectivity index (χ2v) is 5.39. The van der Waals surface area contributed by atoms with Crippen molar-refractivity contribution in [3.63, 3.8) is 0 Å². The highest BCUT2D eigenvalue weighted by Gasteiger charge is 2.17. The van der Waals surface area contributed by atoms with Gasteiger partial charge in [0.15, 0.2) is 0 Å². The molecule has 18 heavy (non-hydrogen) atoms. The Labute approximate surface area is 111 Å². The normalized spacial score (nSPS) is 11.9. The number of nitrogens with one attached hydrogen (secondary N) is 1. The van der Waals surface area contributed by atoms with Gasteiger partial charge in [0.05, 0.1) is 0 Å². The molecule has 0 fully saturated rings. The third kappa shape index (κ3) is 6.95. The molecule has 0 aromatic heterocycles. The highest BCUT2D eigenvalue weighted by atomic mass is 16.1. The molecule has 0 aromatic rings. The molecule has 102 valence electrons. The lowest BCUT2D eigenvalue weighted by atomic mass is 10.1. The van der Waals surface area contributed by atoms with Gasteiger partial charge in [-0.05, 0) is 33.6 Å². The first kappa shape index (κ1) is 16.5. The predicted octanol–water partition coefficient (Wildman–Crippen LogP) is 2.43. The maximum Gasteiger partial charge on any atom is 0.263 e. The number of nitrogens with zero attached hydrogens (tertiary/aromatic N) is 2. The molecule has 1 N–H and O–H groups in total. The summed E-state index contributed by atoms with van der Waals surface area (Å²) in [6.45, 7) is 11.6. The van der Waals surface area contributed by atoms with E-state index in [1.807, 2.05) is 31.7 Å². The van der Waals surface area contributed by atoms with Crippen molar-refractivity contribution in [1.82, 2.24) is 10.2 Å². The second kappa shape index (κ2) is 7.75. The smallest absolute Gasteiger partial charge is 0.263 e. The number of carbonyl (C=O) groups excluding carboxylic acids is 1. The van der Waals surface area contributed by atoms with Gasteiger partial charge < -0.3 is 10.2 Å². The Morgan fingerprint density at radius 3 is 2.11 bits per heavy atom. The molecule has 0 aliphatic carbocycles. The van der Waals surface area contributed by atoms with Crippen molar-refractivity contribution in [2.75, 3.05) is 13.1 Å². The largest absolute Gasteiger partial charge is 0.376 e. The van der Waals surface area contributed by atoms with Gasteiger partial charge in [-0.2, -0.15) is 5.26 Å². The van der Waals surface area contributed by atoms with E-state index >= 15 is 0 Å². The Morgan fingerprint density at radius 1 is 1.28 bits per heavy atom. The van der Waals surface area contributed by atoms with Crippen LogP contribution in [0.25, 0.3) is 0 Å². The van der Waals surface area contributed by atoms with Crippen LogP contribution in [0.1, 0.15) is 47.5 Å². The van der Waals surface area contributed by atoms with E-state index in [1.165, 1.54) is 0 Å². The minimum Gasteiger partial charge on any atom is -0.376 e. The third-order valence-electron chi connectivity index (χ3n) is 2.19. The van der Waals surface area contributed by atoms with E-state index in [0.29, 0.717) is 0 Å². The molecule has 0 rings (SSSR count). The lowest BCUT2D eigenvalue weighted by molar-refractivity contribution is -0.118. The molecule has 0 aromatic carbocycles. The van der Waals surface area contributed by atoms with Gasteiger partial charge in [0.25, 0.3) is 5.91 Å².